The Bertz CT molecular complexity index is 832. The Morgan fingerprint density at radius 1 is 1.15 bits per heavy atom. The highest BCUT2D eigenvalue weighted by molar-refractivity contribution is 6.10. The van der Waals surface area contributed by atoms with Crippen molar-refractivity contribution in [3.05, 3.63) is 53.7 Å². The molecule has 2 aliphatic rings. The Balaban J connectivity index is 1.45. The molecule has 1 aromatic carbocycles. The summed E-state index contributed by atoms with van der Waals surface area (Å²) in [5.41, 5.74) is 2.62. The monoisotopic (exact) mass is 350 g/mol. The van der Waals surface area contributed by atoms with Gasteiger partial charge in [0.25, 0.3) is 5.91 Å². The van der Waals surface area contributed by atoms with Gasteiger partial charge in [0.15, 0.2) is 0 Å². The number of pyridine rings is 1. The van der Waals surface area contributed by atoms with Crippen molar-refractivity contribution in [1.29, 1.82) is 0 Å². The van der Waals surface area contributed by atoms with Gasteiger partial charge in [0, 0.05) is 25.0 Å². The number of amides is 2. The predicted molar refractivity (Wildman–Crippen MR) is 100 cm³/mol. The fourth-order valence-corrected chi connectivity index (χ4v) is 3.22. The van der Waals surface area contributed by atoms with Crippen LogP contribution in [0.4, 0.5) is 11.5 Å². The van der Waals surface area contributed by atoms with Gasteiger partial charge in [-0.05, 0) is 48.9 Å². The van der Waals surface area contributed by atoms with Gasteiger partial charge in [0.2, 0.25) is 5.91 Å². The van der Waals surface area contributed by atoms with Crippen molar-refractivity contribution in [3.8, 4) is 0 Å². The minimum absolute atomic E-state index is 0.0764. The summed E-state index contributed by atoms with van der Waals surface area (Å²) in [4.78, 5) is 31.0. The summed E-state index contributed by atoms with van der Waals surface area (Å²) in [6.45, 7) is 1.51. The fraction of sp³-hybridized carbons (Fsp3) is 0.350. The fourth-order valence-electron chi connectivity index (χ4n) is 3.22. The first-order chi connectivity index (χ1) is 12.7. The summed E-state index contributed by atoms with van der Waals surface area (Å²) in [5, 5.41) is 5.92. The molecular formula is C20H22N4O2. The van der Waals surface area contributed by atoms with Gasteiger partial charge in [-0.15, -0.1) is 0 Å². The Morgan fingerprint density at radius 2 is 2.00 bits per heavy atom. The molecule has 0 atom stereocenters. The molecule has 2 aromatic rings. The van der Waals surface area contributed by atoms with E-state index < -0.39 is 0 Å². The molecule has 4 rings (SSSR count). The van der Waals surface area contributed by atoms with Crippen LogP contribution in [0.1, 0.15) is 28.8 Å². The first-order valence-corrected chi connectivity index (χ1v) is 9.08. The molecular weight excluding hydrogens is 328 g/mol. The number of fused-ring (bicyclic) bond motifs is 1. The molecule has 0 unspecified atom stereocenters. The normalized spacial score (nSPS) is 15.5. The Morgan fingerprint density at radius 3 is 2.85 bits per heavy atom. The lowest BCUT2D eigenvalue weighted by atomic mass is 10.1. The highest BCUT2D eigenvalue weighted by Crippen LogP contribution is 2.30. The van der Waals surface area contributed by atoms with Crippen LogP contribution in [-0.4, -0.2) is 36.4 Å². The van der Waals surface area contributed by atoms with Crippen LogP contribution in [-0.2, 0) is 11.2 Å². The number of hydrogen-bond acceptors (Lipinski definition) is 4. The summed E-state index contributed by atoms with van der Waals surface area (Å²) in [6.07, 6.45) is 4.88. The first-order valence-electron chi connectivity index (χ1n) is 9.08. The molecule has 2 amide bonds. The maximum absolute atomic E-state index is 13.0. The molecule has 0 saturated heterocycles. The third-order valence-corrected chi connectivity index (χ3v) is 4.87. The molecule has 6 heteroatoms. The molecule has 0 spiro atoms. The zero-order valence-electron chi connectivity index (χ0n) is 14.6. The second kappa shape index (κ2) is 7.15. The van der Waals surface area contributed by atoms with E-state index in [1.165, 1.54) is 18.4 Å². The lowest BCUT2D eigenvalue weighted by Crippen LogP contribution is -2.33. The molecule has 1 aromatic heterocycles. The number of anilines is 2. The zero-order valence-corrected chi connectivity index (χ0v) is 14.6. The highest BCUT2D eigenvalue weighted by atomic mass is 16.2. The first kappa shape index (κ1) is 16.6. The van der Waals surface area contributed by atoms with Gasteiger partial charge in [0.1, 0.15) is 5.82 Å². The van der Waals surface area contributed by atoms with E-state index in [0.717, 1.165) is 18.7 Å². The standard InChI is InChI=1S/C20H22N4O2/c25-18(22-12-14-7-8-14)13-23-19-16(5-3-10-21-19)20(26)24-11-9-15-4-1-2-6-17(15)24/h1-6,10,14H,7-9,11-13H2,(H,21,23)(H,22,25). The van der Waals surface area contributed by atoms with Crippen molar-refractivity contribution in [2.45, 2.75) is 19.3 Å². The number of aromatic nitrogens is 1. The van der Waals surface area contributed by atoms with E-state index in [9.17, 15) is 9.59 Å². The van der Waals surface area contributed by atoms with Crippen molar-refractivity contribution >= 4 is 23.3 Å². The predicted octanol–water partition coefficient (Wildman–Crippen LogP) is 2.22. The molecule has 2 heterocycles. The van der Waals surface area contributed by atoms with Gasteiger partial charge in [-0.1, -0.05) is 18.2 Å². The Hall–Kier alpha value is -2.89. The van der Waals surface area contributed by atoms with Gasteiger partial charge < -0.3 is 15.5 Å². The van der Waals surface area contributed by atoms with E-state index in [2.05, 4.69) is 21.7 Å². The van der Waals surface area contributed by atoms with Gasteiger partial charge in [-0.3, -0.25) is 9.59 Å². The topological polar surface area (TPSA) is 74.3 Å². The molecule has 0 radical (unpaired) electrons. The number of carbonyl (C=O) groups is 2. The van der Waals surface area contributed by atoms with Crippen LogP contribution in [0.2, 0.25) is 0 Å². The molecule has 1 aliphatic carbocycles. The smallest absolute Gasteiger partial charge is 0.262 e. The largest absolute Gasteiger partial charge is 0.360 e. The molecule has 134 valence electrons. The molecule has 1 fully saturated rings. The molecule has 0 bridgehead atoms. The molecule has 2 N–H and O–H groups in total. The van der Waals surface area contributed by atoms with E-state index >= 15 is 0 Å². The average molecular weight is 350 g/mol. The number of rotatable bonds is 6. The summed E-state index contributed by atoms with van der Waals surface area (Å²) in [5.74, 6) is 0.918. The van der Waals surface area contributed by atoms with E-state index in [1.807, 2.05) is 18.2 Å². The van der Waals surface area contributed by atoms with Crippen LogP contribution >= 0.6 is 0 Å². The van der Waals surface area contributed by atoms with Crippen LogP contribution in [0.3, 0.4) is 0 Å². The van der Waals surface area contributed by atoms with Crippen molar-refractivity contribution < 1.29 is 9.59 Å². The molecule has 26 heavy (non-hydrogen) atoms. The molecule has 1 saturated carbocycles. The highest BCUT2D eigenvalue weighted by Gasteiger charge is 2.27. The third kappa shape index (κ3) is 3.54. The number of nitrogens with zero attached hydrogens (tertiary/aromatic N) is 2. The van der Waals surface area contributed by atoms with E-state index in [1.54, 1.807) is 23.2 Å². The zero-order chi connectivity index (χ0) is 17.9. The van der Waals surface area contributed by atoms with Crippen LogP contribution in [0.25, 0.3) is 0 Å². The van der Waals surface area contributed by atoms with Crippen molar-refractivity contribution in [2.75, 3.05) is 29.9 Å². The summed E-state index contributed by atoms with van der Waals surface area (Å²) in [7, 11) is 0. The summed E-state index contributed by atoms with van der Waals surface area (Å²) < 4.78 is 0. The van der Waals surface area contributed by atoms with Crippen LogP contribution < -0.4 is 15.5 Å². The van der Waals surface area contributed by atoms with Gasteiger partial charge in [-0.2, -0.15) is 0 Å². The minimum atomic E-state index is -0.0936. The Kier molecular flexibility index (Phi) is 4.56. The second-order valence-corrected chi connectivity index (χ2v) is 6.84. The van der Waals surface area contributed by atoms with E-state index in [0.29, 0.717) is 23.8 Å². The van der Waals surface area contributed by atoms with Crippen LogP contribution in [0.15, 0.2) is 42.6 Å². The lowest BCUT2D eigenvalue weighted by Gasteiger charge is -2.19. The van der Waals surface area contributed by atoms with Crippen LogP contribution in [0, 0.1) is 5.92 Å². The van der Waals surface area contributed by atoms with Gasteiger partial charge >= 0.3 is 0 Å². The lowest BCUT2D eigenvalue weighted by molar-refractivity contribution is -0.119. The maximum atomic E-state index is 13.0. The van der Waals surface area contributed by atoms with Crippen molar-refractivity contribution in [2.24, 2.45) is 5.92 Å². The summed E-state index contributed by atoms with van der Waals surface area (Å²) in [6, 6.07) is 11.4. The maximum Gasteiger partial charge on any atom is 0.262 e. The number of hydrogen-bond donors (Lipinski definition) is 2. The molecule has 6 nitrogen and oxygen atoms in total. The number of para-hydroxylation sites is 1. The van der Waals surface area contributed by atoms with Crippen molar-refractivity contribution in [1.82, 2.24) is 10.3 Å². The van der Waals surface area contributed by atoms with Crippen LogP contribution in [0.5, 0.6) is 0 Å². The Labute approximate surface area is 152 Å². The quantitative estimate of drug-likeness (QED) is 0.838. The molecule has 1 aliphatic heterocycles. The average Bonchev–Trinajstić information content (AvgIpc) is 3.41. The van der Waals surface area contributed by atoms with Gasteiger partial charge in [0.05, 0.1) is 12.1 Å². The van der Waals surface area contributed by atoms with E-state index in [-0.39, 0.29) is 18.4 Å². The van der Waals surface area contributed by atoms with E-state index in [4.69, 9.17) is 0 Å². The number of nitrogens with one attached hydrogen (secondary N) is 2. The number of benzene rings is 1. The van der Waals surface area contributed by atoms with Gasteiger partial charge in [-0.25, -0.2) is 4.98 Å². The number of carbonyl (C=O) groups excluding carboxylic acids is 2. The minimum Gasteiger partial charge on any atom is -0.360 e. The SMILES string of the molecule is O=C(CNc1ncccc1C(=O)N1CCc2ccccc21)NCC1CC1. The third-order valence-electron chi connectivity index (χ3n) is 4.87. The summed E-state index contributed by atoms with van der Waals surface area (Å²) >= 11 is 0. The second-order valence-electron chi connectivity index (χ2n) is 6.84. The van der Waals surface area contributed by atoms with Crippen molar-refractivity contribution in [3.63, 3.8) is 0 Å².